The van der Waals surface area contributed by atoms with Gasteiger partial charge in [-0.1, -0.05) is 6.07 Å². The van der Waals surface area contributed by atoms with E-state index in [0.717, 1.165) is 43.1 Å². The molecule has 3 rings (SSSR count). The third-order valence-corrected chi connectivity index (χ3v) is 4.40. The number of benzene rings is 1. The number of anilines is 1. The highest BCUT2D eigenvalue weighted by Crippen LogP contribution is 2.21. The lowest BCUT2D eigenvalue weighted by Gasteiger charge is -2.32. The Morgan fingerprint density at radius 2 is 2.08 bits per heavy atom. The van der Waals surface area contributed by atoms with Crippen LogP contribution in [0.25, 0.3) is 6.08 Å². The van der Waals surface area contributed by atoms with Crippen LogP contribution in [0.1, 0.15) is 24.4 Å². The fourth-order valence-electron chi connectivity index (χ4n) is 2.99. The first-order valence-corrected chi connectivity index (χ1v) is 8.58. The molecule has 25 heavy (non-hydrogen) atoms. The summed E-state index contributed by atoms with van der Waals surface area (Å²) in [6, 6.07) is 12.1. The topological polar surface area (TPSA) is 54.7 Å². The lowest BCUT2D eigenvalue weighted by molar-refractivity contribution is -0.126. The summed E-state index contributed by atoms with van der Waals surface area (Å²) in [5.41, 5.74) is 1.05. The molecule has 1 fully saturated rings. The minimum absolute atomic E-state index is 0.0360. The number of nitrogens with zero attached hydrogens (tertiary/aromatic N) is 1. The molecular formula is C20H24N2O3. The van der Waals surface area contributed by atoms with Gasteiger partial charge in [-0.15, -0.1) is 0 Å². The van der Waals surface area contributed by atoms with E-state index in [2.05, 4.69) is 5.32 Å². The summed E-state index contributed by atoms with van der Waals surface area (Å²) in [6.07, 6.45) is 5.18. The quantitative estimate of drug-likeness (QED) is 0.843. The summed E-state index contributed by atoms with van der Waals surface area (Å²) < 4.78 is 10.7. The van der Waals surface area contributed by atoms with Crippen molar-refractivity contribution >= 4 is 17.7 Å². The highest BCUT2D eigenvalue weighted by atomic mass is 16.5. The predicted octanol–water partition coefficient (Wildman–Crippen LogP) is 3.71. The van der Waals surface area contributed by atoms with E-state index < -0.39 is 0 Å². The van der Waals surface area contributed by atoms with Crippen molar-refractivity contribution in [1.82, 2.24) is 4.90 Å². The summed E-state index contributed by atoms with van der Waals surface area (Å²) in [4.78, 5) is 14.2. The molecule has 0 radical (unpaired) electrons. The van der Waals surface area contributed by atoms with E-state index in [1.807, 2.05) is 48.2 Å². The average molecular weight is 340 g/mol. The van der Waals surface area contributed by atoms with Gasteiger partial charge in [0.15, 0.2) is 0 Å². The van der Waals surface area contributed by atoms with Gasteiger partial charge in [-0.2, -0.15) is 0 Å². The van der Waals surface area contributed by atoms with Crippen LogP contribution in [0.15, 0.2) is 46.9 Å². The molecule has 1 amide bonds. The number of rotatable bonds is 5. The van der Waals surface area contributed by atoms with Crippen LogP contribution < -0.4 is 10.1 Å². The lowest BCUT2D eigenvalue weighted by Crippen LogP contribution is -2.41. The van der Waals surface area contributed by atoms with Gasteiger partial charge in [-0.25, -0.2) is 0 Å². The Bertz CT molecular complexity index is 743. The van der Waals surface area contributed by atoms with Crippen LogP contribution in [-0.2, 0) is 4.79 Å². The molecule has 2 aromatic rings. The van der Waals surface area contributed by atoms with E-state index in [1.165, 1.54) is 0 Å². The smallest absolute Gasteiger partial charge is 0.246 e. The predicted molar refractivity (Wildman–Crippen MR) is 98.7 cm³/mol. The molecule has 2 heterocycles. The van der Waals surface area contributed by atoms with Gasteiger partial charge in [0.25, 0.3) is 0 Å². The highest BCUT2D eigenvalue weighted by Gasteiger charge is 2.21. The molecule has 0 saturated carbocycles. The molecule has 1 saturated heterocycles. The first kappa shape index (κ1) is 17.1. The SMILES string of the molecule is COc1cccc(NC2CCN(C(=O)/C=C\c3ccc(C)o3)CC2)c1. The number of amides is 1. The second-order valence-corrected chi connectivity index (χ2v) is 6.26. The maximum atomic E-state index is 12.3. The summed E-state index contributed by atoms with van der Waals surface area (Å²) >= 11 is 0. The number of carbonyl (C=O) groups is 1. The largest absolute Gasteiger partial charge is 0.497 e. The van der Waals surface area contributed by atoms with E-state index in [9.17, 15) is 4.79 Å². The summed E-state index contributed by atoms with van der Waals surface area (Å²) in [5.74, 6) is 2.43. The van der Waals surface area contributed by atoms with E-state index in [-0.39, 0.29) is 5.91 Å². The Hall–Kier alpha value is -2.69. The number of likely N-dealkylation sites (tertiary alicyclic amines) is 1. The maximum absolute atomic E-state index is 12.3. The summed E-state index contributed by atoms with van der Waals surface area (Å²) in [7, 11) is 1.67. The standard InChI is InChI=1S/C20H24N2O3/c1-15-6-7-18(25-15)8-9-20(23)22-12-10-16(11-13-22)21-17-4-3-5-19(14-17)24-2/h3-9,14,16,21H,10-13H2,1-2H3/b9-8-. The number of methoxy groups -OCH3 is 1. The van der Waals surface area contributed by atoms with Crippen molar-refractivity contribution in [2.45, 2.75) is 25.8 Å². The normalized spacial score (nSPS) is 15.5. The number of aryl methyl sites for hydroxylation is 1. The molecule has 0 atom stereocenters. The molecule has 0 bridgehead atoms. The minimum atomic E-state index is 0.0360. The first-order valence-electron chi connectivity index (χ1n) is 8.58. The zero-order chi connectivity index (χ0) is 17.6. The number of hydrogen-bond donors (Lipinski definition) is 1. The van der Waals surface area contributed by atoms with E-state index in [4.69, 9.17) is 9.15 Å². The maximum Gasteiger partial charge on any atom is 0.246 e. The van der Waals surface area contributed by atoms with Crippen molar-refractivity contribution in [1.29, 1.82) is 0 Å². The number of hydrogen-bond acceptors (Lipinski definition) is 4. The molecule has 5 nitrogen and oxygen atoms in total. The number of carbonyl (C=O) groups excluding carboxylic acids is 1. The van der Waals surface area contributed by atoms with Gasteiger partial charge in [0.05, 0.1) is 7.11 Å². The van der Waals surface area contributed by atoms with E-state index in [0.29, 0.717) is 11.8 Å². The molecule has 0 unspecified atom stereocenters. The van der Waals surface area contributed by atoms with Crippen LogP contribution in [0.5, 0.6) is 5.75 Å². The van der Waals surface area contributed by atoms with Gasteiger partial charge >= 0.3 is 0 Å². The van der Waals surface area contributed by atoms with Crippen LogP contribution >= 0.6 is 0 Å². The van der Waals surface area contributed by atoms with Crippen LogP contribution in [-0.4, -0.2) is 37.0 Å². The fraction of sp³-hybridized carbons (Fsp3) is 0.350. The number of piperidine rings is 1. The molecule has 0 aliphatic carbocycles. The molecule has 0 spiro atoms. The zero-order valence-electron chi connectivity index (χ0n) is 14.7. The Labute approximate surface area is 148 Å². The lowest BCUT2D eigenvalue weighted by atomic mass is 10.0. The van der Waals surface area contributed by atoms with Crippen LogP contribution in [0.2, 0.25) is 0 Å². The van der Waals surface area contributed by atoms with E-state index in [1.54, 1.807) is 19.3 Å². The Balaban J connectivity index is 1.49. The third kappa shape index (κ3) is 4.66. The molecule has 1 aliphatic rings. The molecule has 5 heteroatoms. The second-order valence-electron chi connectivity index (χ2n) is 6.26. The third-order valence-electron chi connectivity index (χ3n) is 4.40. The van der Waals surface area contributed by atoms with Crippen molar-refractivity contribution in [3.63, 3.8) is 0 Å². The van der Waals surface area contributed by atoms with E-state index >= 15 is 0 Å². The Morgan fingerprint density at radius 1 is 1.28 bits per heavy atom. The second kappa shape index (κ2) is 7.92. The Morgan fingerprint density at radius 3 is 2.76 bits per heavy atom. The molecule has 132 valence electrons. The number of furan rings is 1. The molecular weight excluding hydrogens is 316 g/mol. The van der Waals surface area contributed by atoms with Crippen molar-refractivity contribution in [3.8, 4) is 5.75 Å². The van der Waals surface area contributed by atoms with Crippen molar-refractivity contribution < 1.29 is 13.9 Å². The minimum Gasteiger partial charge on any atom is -0.497 e. The molecule has 1 aromatic heterocycles. The van der Waals surface area contributed by atoms with Gasteiger partial charge in [0.2, 0.25) is 5.91 Å². The monoisotopic (exact) mass is 340 g/mol. The van der Waals surface area contributed by atoms with Crippen molar-refractivity contribution in [3.05, 3.63) is 54.0 Å². The van der Waals surface area contributed by atoms with Crippen LogP contribution in [0, 0.1) is 6.92 Å². The first-order chi connectivity index (χ1) is 12.1. The Kier molecular flexibility index (Phi) is 5.43. The molecule has 1 aliphatic heterocycles. The summed E-state index contributed by atoms with van der Waals surface area (Å²) in [5, 5.41) is 3.52. The van der Waals surface area contributed by atoms with Crippen LogP contribution in [0.4, 0.5) is 5.69 Å². The van der Waals surface area contributed by atoms with Gasteiger partial charge in [-0.05, 0) is 50.1 Å². The average Bonchev–Trinajstić information content (AvgIpc) is 3.06. The zero-order valence-corrected chi connectivity index (χ0v) is 14.7. The van der Waals surface area contributed by atoms with Crippen molar-refractivity contribution in [2.24, 2.45) is 0 Å². The van der Waals surface area contributed by atoms with Gasteiger partial charge in [0.1, 0.15) is 17.3 Å². The molecule has 1 N–H and O–H groups in total. The number of ether oxygens (including phenoxy) is 1. The van der Waals surface area contributed by atoms with Gasteiger partial charge in [0, 0.05) is 37.0 Å². The highest BCUT2D eigenvalue weighted by molar-refractivity contribution is 5.91. The fourth-order valence-corrected chi connectivity index (χ4v) is 2.99. The summed E-state index contributed by atoms with van der Waals surface area (Å²) in [6.45, 7) is 3.39. The van der Waals surface area contributed by atoms with Crippen LogP contribution in [0.3, 0.4) is 0 Å². The van der Waals surface area contributed by atoms with Gasteiger partial charge in [-0.3, -0.25) is 4.79 Å². The van der Waals surface area contributed by atoms with Crippen molar-refractivity contribution in [2.75, 3.05) is 25.5 Å². The number of nitrogens with one attached hydrogen (secondary N) is 1. The van der Waals surface area contributed by atoms with Gasteiger partial charge < -0.3 is 19.4 Å². The molecule has 1 aromatic carbocycles.